The van der Waals surface area contributed by atoms with Crippen molar-refractivity contribution in [2.75, 3.05) is 6.54 Å². The second-order valence-electron chi connectivity index (χ2n) is 2.58. The monoisotopic (exact) mass is 137 g/mol. The van der Waals surface area contributed by atoms with Crippen LogP contribution in [0, 0.1) is 0 Å². The molecule has 1 aliphatic heterocycles. The highest BCUT2D eigenvalue weighted by Gasteiger charge is 1.99. The van der Waals surface area contributed by atoms with Gasteiger partial charge in [-0.15, -0.1) is 0 Å². The molecule has 1 rings (SSSR count). The molecule has 0 radical (unpaired) electrons. The van der Waals surface area contributed by atoms with E-state index in [1.54, 1.807) is 0 Å². The summed E-state index contributed by atoms with van der Waals surface area (Å²) in [6.45, 7) is 3.20. The van der Waals surface area contributed by atoms with E-state index in [-0.39, 0.29) is 0 Å². The van der Waals surface area contributed by atoms with Crippen molar-refractivity contribution in [1.29, 1.82) is 0 Å². The van der Waals surface area contributed by atoms with Gasteiger partial charge in [0.15, 0.2) is 0 Å². The van der Waals surface area contributed by atoms with Crippen LogP contribution in [0.15, 0.2) is 24.3 Å². The Morgan fingerprint density at radius 1 is 1.60 bits per heavy atom. The maximum Gasteiger partial charge on any atom is 0.0435 e. The first-order chi connectivity index (χ1) is 4.93. The molecule has 0 aromatic carbocycles. The molecule has 0 aliphatic carbocycles. The Balaban J connectivity index is 2.41. The van der Waals surface area contributed by atoms with E-state index >= 15 is 0 Å². The zero-order valence-electron chi connectivity index (χ0n) is 6.51. The van der Waals surface area contributed by atoms with Crippen molar-refractivity contribution in [3.8, 4) is 0 Å². The first-order valence-corrected chi connectivity index (χ1v) is 3.96. The lowest BCUT2D eigenvalue weighted by Crippen LogP contribution is -2.24. The largest absolute Gasteiger partial charge is 0.307 e. The van der Waals surface area contributed by atoms with Crippen molar-refractivity contribution in [1.82, 2.24) is 5.32 Å². The van der Waals surface area contributed by atoms with Gasteiger partial charge in [0, 0.05) is 6.04 Å². The zero-order chi connectivity index (χ0) is 7.23. The molecule has 1 heteroatoms. The summed E-state index contributed by atoms with van der Waals surface area (Å²) in [6.07, 6.45) is 11.2. The van der Waals surface area contributed by atoms with Gasteiger partial charge in [-0.25, -0.2) is 0 Å². The molecule has 0 saturated carbocycles. The fourth-order valence-corrected chi connectivity index (χ4v) is 1.14. The Kier molecular flexibility index (Phi) is 3.23. The molecule has 0 saturated heterocycles. The summed E-state index contributed by atoms with van der Waals surface area (Å²) in [5, 5.41) is 3.41. The summed E-state index contributed by atoms with van der Waals surface area (Å²) in [5.74, 6) is 0. The molecule has 1 aliphatic rings. The topological polar surface area (TPSA) is 12.0 Å². The number of rotatable bonds is 1. The standard InChI is InChI=1S/C9H15N/c1-2-6-9-7-4-3-5-8-10-9/h2,4,6-7,9-10H,3,5,8H2,1H3/b6-2+. The predicted molar refractivity (Wildman–Crippen MR) is 45.0 cm³/mol. The smallest absolute Gasteiger partial charge is 0.0435 e. The molecule has 0 aromatic heterocycles. The van der Waals surface area contributed by atoms with Crippen LogP contribution in [0.1, 0.15) is 19.8 Å². The highest BCUT2D eigenvalue weighted by Crippen LogP contribution is 1.99. The molecule has 1 unspecified atom stereocenters. The summed E-state index contributed by atoms with van der Waals surface area (Å²) in [6, 6.07) is 0.479. The lowest BCUT2D eigenvalue weighted by atomic mass is 10.2. The van der Waals surface area contributed by atoms with Crippen LogP contribution in [0.5, 0.6) is 0 Å². The van der Waals surface area contributed by atoms with Crippen molar-refractivity contribution in [3.63, 3.8) is 0 Å². The van der Waals surface area contributed by atoms with Gasteiger partial charge in [-0.05, 0) is 26.3 Å². The fraction of sp³-hybridized carbons (Fsp3) is 0.556. The Labute approximate surface area is 62.8 Å². The minimum absolute atomic E-state index is 0.479. The second-order valence-corrected chi connectivity index (χ2v) is 2.58. The number of hydrogen-bond acceptors (Lipinski definition) is 1. The Bertz CT molecular complexity index is 136. The van der Waals surface area contributed by atoms with Gasteiger partial charge in [0.1, 0.15) is 0 Å². The Hall–Kier alpha value is -0.560. The first-order valence-electron chi connectivity index (χ1n) is 3.96. The fourth-order valence-electron chi connectivity index (χ4n) is 1.14. The van der Waals surface area contributed by atoms with Crippen LogP contribution in [-0.4, -0.2) is 12.6 Å². The third kappa shape index (κ3) is 2.36. The van der Waals surface area contributed by atoms with E-state index < -0.39 is 0 Å². The van der Waals surface area contributed by atoms with Crippen molar-refractivity contribution in [3.05, 3.63) is 24.3 Å². The van der Waals surface area contributed by atoms with E-state index in [0.717, 1.165) is 6.54 Å². The maximum absolute atomic E-state index is 3.41. The molecule has 0 bridgehead atoms. The van der Waals surface area contributed by atoms with Crippen LogP contribution in [0.3, 0.4) is 0 Å². The molecular formula is C9H15N. The van der Waals surface area contributed by atoms with Crippen LogP contribution >= 0.6 is 0 Å². The molecule has 10 heavy (non-hydrogen) atoms. The van der Waals surface area contributed by atoms with E-state index in [9.17, 15) is 0 Å². The van der Waals surface area contributed by atoms with Gasteiger partial charge >= 0.3 is 0 Å². The van der Waals surface area contributed by atoms with Crippen LogP contribution in [0.4, 0.5) is 0 Å². The van der Waals surface area contributed by atoms with Gasteiger partial charge in [0.2, 0.25) is 0 Å². The van der Waals surface area contributed by atoms with Gasteiger partial charge in [-0.1, -0.05) is 24.3 Å². The number of allylic oxidation sites excluding steroid dienone is 2. The van der Waals surface area contributed by atoms with Gasteiger partial charge in [-0.3, -0.25) is 0 Å². The lowest BCUT2D eigenvalue weighted by molar-refractivity contribution is 0.662. The highest BCUT2D eigenvalue weighted by atomic mass is 14.9. The average Bonchev–Trinajstić information content (AvgIpc) is 2.17. The molecule has 0 fully saturated rings. The van der Waals surface area contributed by atoms with Crippen molar-refractivity contribution < 1.29 is 0 Å². The number of nitrogens with one attached hydrogen (secondary N) is 1. The molecule has 56 valence electrons. The van der Waals surface area contributed by atoms with Crippen molar-refractivity contribution in [2.45, 2.75) is 25.8 Å². The van der Waals surface area contributed by atoms with E-state index in [2.05, 4.69) is 36.5 Å². The van der Waals surface area contributed by atoms with E-state index in [4.69, 9.17) is 0 Å². The molecule has 0 amide bonds. The summed E-state index contributed by atoms with van der Waals surface area (Å²) in [4.78, 5) is 0. The zero-order valence-corrected chi connectivity index (χ0v) is 6.51. The molecule has 1 N–H and O–H groups in total. The summed E-state index contributed by atoms with van der Waals surface area (Å²) in [7, 11) is 0. The number of hydrogen-bond donors (Lipinski definition) is 1. The van der Waals surface area contributed by atoms with Crippen LogP contribution in [0.25, 0.3) is 0 Å². The summed E-state index contributed by atoms with van der Waals surface area (Å²) >= 11 is 0. The lowest BCUT2D eigenvalue weighted by Gasteiger charge is -2.05. The molecule has 0 aromatic rings. The molecule has 0 spiro atoms. The third-order valence-corrected chi connectivity index (χ3v) is 1.67. The quantitative estimate of drug-likeness (QED) is 0.544. The minimum atomic E-state index is 0.479. The molecular weight excluding hydrogens is 122 g/mol. The van der Waals surface area contributed by atoms with E-state index in [1.165, 1.54) is 12.8 Å². The predicted octanol–water partition coefficient (Wildman–Crippen LogP) is 1.87. The van der Waals surface area contributed by atoms with E-state index in [1.807, 2.05) is 0 Å². The van der Waals surface area contributed by atoms with E-state index in [0.29, 0.717) is 6.04 Å². The Morgan fingerprint density at radius 3 is 3.30 bits per heavy atom. The average molecular weight is 137 g/mol. The molecule has 1 heterocycles. The van der Waals surface area contributed by atoms with Crippen LogP contribution < -0.4 is 5.32 Å². The van der Waals surface area contributed by atoms with Gasteiger partial charge in [0.05, 0.1) is 0 Å². The minimum Gasteiger partial charge on any atom is -0.307 e. The second kappa shape index (κ2) is 4.29. The first kappa shape index (κ1) is 7.55. The maximum atomic E-state index is 3.41. The van der Waals surface area contributed by atoms with Crippen molar-refractivity contribution in [2.24, 2.45) is 0 Å². The molecule has 1 nitrogen and oxygen atoms in total. The normalized spacial score (nSPS) is 27.1. The summed E-state index contributed by atoms with van der Waals surface area (Å²) in [5.41, 5.74) is 0. The van der Waals surface area contributed by atoms with Crippen LogP contribution in [0.2, 0.25) is 0 Å². The highest BCUT2D eigenvalue weighted by molar-refractivity contribution is 5.06. The van der Waals surface area contributed by atoms with Crippen LogP contribution in [-0.2, 0) is 0 Å². The van der Waals surface area contributed by atoms with Crippen molar-refractivity contribution >= 4 is 0 Å². The molecule has 1 atom stereocenters. The van der Waals surface area contributed by atoms with Gasteiger partial charge in [0.25, 0.3) is 0 Å². The van der Waals surface area contributed by atoms with Gasteiger partial charge < -0.3 is 5.32 Å². The third-order valence-electron chi connectivity index (χ3n) is 1.67. The van der Waals surface area contributed by atoms with Gasteiger partial charge in [-0.2, -0.15) is 0 Å². The summed E-state index contributed by atoms with van der Waals surface area (Å²) < 4.78 is 0. The SMILES string of the molecule is C/C=C/C1C=CCCCN1. The Morgan fingerprint density at radius 2 is 2.50 bits per heavy atom.